The van der Waals surface area contributed by atoms with E-state index in [2.05, 4.69) is 25.9 Å². The Morgan fingerprint density at radius 3 is 2.65 bits per heavy atom. The third kappa shape index (κ3) is 8.36. The number of ether oxygens (including phenoxy) is 1. The zero-order valence-corrected chi connectivity index (χ0v) is 28.0. The molecule has 1 aliphatic carbocycles. The second kappa shape index (κ2) is 15.0. The Balaban J connectivity index is 1.27. The number of hydrogen-bond donors (Lipinski definition) is 4. The molecule has 12 heteroatoms. The highest BCUT2D eigenvalue weighted by Crippen LogP contribution is 2.48. The number of carbonyl (C=O) groups excluding carboxylic acids is 4. The van der Waals surface area contributed by atoms with E-state index in [0.717, 1.165) is 41.7 Å². The molecule has 1 aromatic heterocycles. The maximum Gasteiger partial charge on any atom is 0.243 e. The summed E-state index contributed by atoms with van der Waals surface area (Å²) in [7, 11) is 0. The summed E-state index contributed by atoms with van der Waals surface area (Å²) < 4.78 is 6.12. The molecule has 3 aromatic rings. The Morgan fingerprint density at radius 2 is 1.90 bits per heavy atom. The van der Waals surface area contributed by atoms with Crippen molar-refractivity contribution in [2.75, 3.05) is 25.4 Å². The first-order chi connectivity index (χ1) is 23.7. The summed E-state index contributed by atoms with van der Waals surface area (Å²) in [5.41, 5.74) is 9.08. The van der Waals surface area contributed by atoms with Crippen LogP contribution < -0.4 is 26.4 Å². The molecule has 1 saturated heterocycles. The molecule has 3 heterocycles. The largest absolute Gasteiger partial charge is 0.494 e. The zero-order chi connectivity index (χ0) is 34.4. The van der Waals surface area contributed by atoms with Crippen LogP contribution in [0.1, 0.15) is 67.3 Å². The van der Waals surface area contributed by atoms with Crippen LogP contribution in [-0.2, 0) is 37.6 Å². The van der Waals surface area contributed by atoms with Gasteiger partial charge in [0.05, 0.1) is 24.1 Å². The average Bonchev–Trinajstić information content (AvgIpc) is 3.92. The Hall–Kier alpha value is -5.00. The van der Waals surface area contributed by atoms with Gasteiger partial charge in [-0.3, -0.25) is 29.1 Å². The molecule has 5 N–H and O–H groups in total. The minimum atomic E-state index is -1.18. The molecule has 2 unspecified atom stereocenters. The van der Waals surface area contributed by atoms with Crippen molar-refractivity contribution in [2.24, 2.45) is 5.92 Å². The van der Waals surface area contributed by atoms with Gasteiger partial charge in [-0.25, -0.2) is 0 Å². The van der Waals surface area contributed by atoms with Gasteiger partial charge in [-0.2, -0.15) is 0 Å². The summed E-state index contributed by atoms with van der Waals surface area (Å²) in [6, 6.07) is 10.9. The number of fused-ring (bicyclic) bond motifs is 4. The SMILES string of the molecule is Cc1ccc2cc1CNC(=O)C(CCc1cnccn1)NC(=O)[C@@H](NC(=O)C1(c3ccc(N)cc3)CC1)CC(=O)N1CCCC(CCO2)C1. The van der Waals surface area contributed by atoms with Crippen LogP contribution in [0.25, 0.3) is 0 Å². The summed E-state index contributed by atoms with van der Waals surface area (Å²) in [5.74, 6) is -0.535. The predicted octanol–water partition coefficient (Wildman–Crippen LogP) is 2.73. The van der Waals surface area contributed by atoms with Gasteiger partial charge in [0.2, 0.25) is 23.6 Å². The predicted molar refractivity (Wildman–Crippen MR) is 183 cm³/mol. The average molecular weight is 668 g/mol. The van der Waals surface area contributed by atoms with Crippen LogP contribution in [-0.4, -0.2) is 70.3 Å². The van der Waals surface area contributed by atoms with E-state index >= 15 is 0 Å². The van der Waals surface area contributed by atoms with Crippen LogP contribution in [0.4, 0.5) is 5.69 Å². The first kappa shape index (κ1) is 33.9. The number of carbonyl (C=O) groups is 4. The molecule has 3 aliphatic rings. The number of aryl methyl sites for hydroxylation is 2. The van der Waals surface area contributed by atoms with Gasteiger partial charge in [0.1, 0.15) is 17.8 Å². The van der Waals surface area contributed by atoms with E-state index < -0.39 is 23.4 Å². The number of nitrogens with zero attached hydrogens (tertiary/aromatic N) is 3. The van der Waals surface area contributed by atoms with Gasteiger partial charge in [-0.1, -0.05) is 18.2 Å². The Bertz CT molecular complexity index is 1660. The normalized spacial score (nSPS) is 22.8. The molecule has 12 nitrogen and oxygen atoms in total. The van der Waals surface area contributed by atoms with Crippen LogP contribution in [0.15, 0.2) is 61.1 Å². The summed E-state index contributed by atoms with van der Waals surface area (Å²) in [6.07, 6.45) is 8.99. The van der Waals surface area contributed by atoms with Gasteiger partial charge in [-0.05, 0) is 98.7 Å². The van der Waals surface area contributed by atoms with Crippen LogP contribution in [0.3, 0.4) is 0 Å². The standard InChI is InChI=1S/C37H45N7O5/c1-24-4-10-30-19-26(24)21-41-34(46)31(11-9-29-22-39-15-16-40-29)42-35(47)32(20-33(45)44-17-2-3-25(23-44)12-18-49-30)43-36(48)37(13-14-37)27-5-7-28(38)8-6-27/h4-8,10,15-16,19,22,25,31-32H,2-3,9,11-14,17-18,20-21,23,38H2,1H3,(H,41,46)(H,42,47)(H,43,48)/t25?,31?,32-/m0/s1. The van der Waals surface area contributed by atoms with E-state index in [-0.39, 0.29) is 43.0 Å². The minimum absolute atomic E-state index is 0.215. The Morgan fingerprint density at radius 1 is 1.08 bits per heavy atom. The lowest BCUT2D eigenvalue weighted by molar-refractivity contribution is -0.138. The van der Waals surface area contributed by atoms with E-state index in [4.69, 9.17) is 10.5 Å². The highest BCUT2D eigenvalue weighted by atomic mass is 16.5. The smallest absolute Gasteiger partial charge is 0.243 e. The second-order valence-electron chi connectivity index (χ2n) is 13.5. The third-order valence-corrected chi connectivity index (χ3v) is 10.0. The molecule has 1 saturated carbocycles. The number of nitrogens with one attached hydrogen (secondary N) is 3. The summed E-state index contributed by atoms with van der Waals surface area (Å²) in [4.78, 5) is 65.8. The van der Waals surface area contributed by atoms with Crippen molar-refractivity contribution in [1.82, 2.24) is 30.8 Å². The minimum Gasteiger partial charge on any atom is -0.494 e. The molecule has 4 bridgehead atoms. The van der Waals surface area contributed by atoms with E-state index in [0.29, 0.717) is 50.3 Å². The van der Waals surface area contributed by atoms with Crippen molar-refractivity contribution < 1.29 is 23.9 Å². The quantitative estimate of drug-likeness (QED) is 0.291. The molecular weight excluding hydrogens is 622 g/mol. The van der Waals surface area contributed by atoms with Crippen molar-refractivity contribution in [3.63, 3.8) is 0 Å². The molecule has 2 fully saturated rings. The van der Waals surface area contributed by atoms with Gasteiger partial charge in [-0.15, -0.1) is 0 Å². The number of anilines is 1. The van der Waals surface area contributed by atoms with Gasteiger partial charge in [0.25, 0.3) is 0 Å². The monoisotopic (exact) mass is 667 g/mol. The molecule has 2 aliphatic heterocycles. The molecule has 49 heavy (non-hydrogen) atoms. The number of rotatable bonds is 6. The van der Waals surface area contributed by atoms with Crippen LogP contribution in [0, 0.1) is 12.8 Å². The number of amides is 4. The number of aromatic nitrogens is 2. The fourth-order valence-corrected chi connectivity index (χ4v) is 6.78. The lowest BCUT2D eigenvalue weighted by Crippen LogP contribution is -2.56. The summed E-state index contributed by atoms with van der Waals surface area (Å²) in [6.45, 7) is 3.85. The first-order valence-corrected chi connectivity index (χ1v) is 17.2. The number of nitrogens with two attached hydrogens (primary N) is 1. The zero-order valence-electron chi connectivity index (χ0n) is 28.0. The van der Waals surface area contributed by atoms with Crippen LogP contribution in [0.5, 0.6) is 5.75 Å². The molecular formula is C37H45N7O5. The topological polar surface area (TPSA) is 169 Å². The van der Waals surface area contributed by atoms with E-state index in [1.165, 1.54) is 0 Å². The Labute approximate surface area is 286 Å². The maximum atomic E-state index is 14.1. The van der Waals surface area contributed by atoms with Crippen LogP contribution in [0.2, 0.25) is 0 Å². The van der Waals surface area contributed by atoms with Crippen molar-refractivity contribution >= 4 is 29.3 Å². The van der Waals surface area contributed by atoms with Crippen LogP contribution >= 0.6 is 0 Å². The van der Waals surface area contributed by atoms with Gasteiger partial charge >= 0.3 is 0 Å². The van der Waals surface area contributed by atoms with Crippen molar-refractivity contribution in [3.05, 3.63) is 83.4 Å². The van der Waals surface area contributed by atoms with Crippen molar-refractivity contribution in [1.29, 1.82) is 0 Å². The van der Waals surface area contributed by atoms with Gasteiger partial charge in [0, 0.05) is 43.9 Å². The number of hydrogen-bond acceptors (Lipinski definition) is 8. The number of benzene rings is 2. The number of nitrogen functional groups attached to an aromatic ring is 1. The summed E-state index contributed by atoms with van der Waals surface area (Å²) >= 11 is 0. The first-order valence-electron chi connectivity index (χ1n) is 17.2. The maximum absolute atomic E-state index is 14.1. The highest BCUT2D eigenvalue weighted by molar-refractivity contribution is 5.98. The summed E-state index contributed by atoms with van der Waals surface area (Å²) in [5, 5.41) is 8.80. The third-order valence-electron chi connectivity index (χ3n) is 10.0. The molecule has 3 atom stereocenters. The molecule has 0 radical (unpaired) electrons. The van der Waals surface area contributed by atoms with Crippen molar-refractivity contribution in [2.45, 2.75) is 82.3 Å². The molecule has 2 aromatic carbocycles. The fourth-order valence-electron chi connectivity index (χ4n) is 6.78. The number of piperidine rings is 1. The molecule has 258 valence electrons. The molecule has 0 spiro atoms. The highest BCUT2D eigenvalue weighted by Gasteiger charge is 2.52. The fraction of sp³-hybridized carbons (Fsp3) is 0.459. The van der Waals surface area contributed by atoms with E-state index in [1.807, 2.05) is 37.3 Å². The Kier molecular flexibility index (Phi) is 10.4. The van der Waals surface area contributed by atoms with E-state index in [1.54, 1.807) is 35.6 Å². The lowest BCUT2D eigenvalue weighted by Gasteiger charge is -2.34. The second-order valence-corrected chi connectivity index (χ2v) is 13.5. The van der Waals surface area contributed by atoms with Gasteiger partial charge in [0.15, 0.2) is 0 Å². The lowest BCUT2D eigenvalue weighted by atomic mass is 9.93. The van der Waals surface area contributed by atoms with Crippen molar-refractivity contribution in [3.8, 4) is 5.75 Å². The van der Waals surface area contributed by atoms with Gasteiger partial charge < -0.3 is 31.3 Å². The molecule has 6 rings (SSSR count). The molecule has 4 amide bonds. The van der Waals surface area contributed by atoms with E-state index in [9.17, 15) is 19.2 Å².